The zero-order valence-corrected chi connectivity index (χ0v) is 22.2. The van der Waals surface area contributed by atoms with E-state index in [2.05, 4.69) is 73.6 Å². The molecule has 0 heteroatoms. The van der Waals surface area contributed by atoms with Gasteiger partial charge in [0.2, 0.25) is 0 Å². The molecule has 0 fully saturated rings. The molecule has 2 unspecified atom stereocenters. The van der Waals surface area contributed by atoms with Crippen LogP contribution in [0.1, 0.15) is 139 Å². The van der Waals surface area contributed by atoms with Crippen LogP contribution < -0.4 is 0 Å². The molecule has 0 aliphatic carbocycles. The van der Waals surface area contributed by atoms with Crippen LogP contribution in [0.2, 0.25) is 0 Å². The predicted molar refractivity (Wildman–Crippen MR) is 140 cm³/mol. The predicted octanol–water partition coefficient (Wildman–Crippen LogP) is 10.8. The Bertz CT molecular complexity index is 484. The summed E-state index contributed by atoms with van der Waals surface area (Å²) in [5.74, 6) is 2.69. The highest BCUT2D eigenvalue weighted by molar-refractivity contribution is 5.05. The third-order valence-corrected chi connectivity index (χ3v) is 6.39. The number of allylic oxidation sites excluding steroid dienone is 6. The van der Waals surface area contributed by atoms with E-state index < -0.39 is 0 Å². The Morgan fingerprint density at radius 3 is 1.47 bits per heavy atom. The number of rotatable bonds is 18. The summed E-state index contributed by atoms with van der Waals surface area (Å²) in [5.41, 5.74) is 4.55. The topological polar surface area (TPSA) is 0 Å². The minimum absolute atomic E-state index is 0.869. The van der Waals surface area contributed by atoms with Crippen molar-refractivity contribution in [2.45, 2.75) is 139 Å². The molecule has 0 aliphatic rings. The smallest absolute Gasteiger partial charge is 0.0288 e. The second-order valence-electron chi connectivity index (χ2n) is 10.9. The van der Waals surface area contributed by atoms with Crippen LogP contribution in [0.5, 0.6) is 0 Å². The Morgan fingerprint density at radius 1 is 0.533 bits per heavy atom. The van der Waals surface area contributed by atoms with Gasteiger partial charge in [-0.25, -0.2) is 0 Å². The first-order valence-corrected chi connectivity index (χ1v) is 13.1. The van der Waals surface area contributed by atoms with Crippen LogP contribution in [0.4, 0.5) is 0 Å². The normalized spacial score (nSPS) is 14.8. The van der Waals surface area contributed by atoms with Gasteiger partial charge in [0, 0.05) is 0 Å². The molecule has 0 radical (unpaired) electrons. The molecule has 0 aromatic rings. The van der Waals surface area contributed by atoms with Gasteiger partial charge in [0.05, 0.1) is 0 Å². The van der Waals surface area contributed by atoms with Crippen molar-refractivity contribution in [2.24, 2.45) is 17.8 Å². The maximum atomic E-state index is 2.50. The van der Waals surface area contributed by atoms with E-state index in [1.807, 2.05) is 0 Å². The fourth-order valence-corrected chi connectivity index (χ4v) is 4.13. The van der Waals surface area contributed by atoms with Crippen LogP contribution >= 0.6 is 0 Å². The van der Waals surface area contributed by atoms with Gasteiger partial charge in [0.1, 0.15) is 0 Å². The lowest BCUT2D eigenvalue weighted by molar-refractivity contribution is 0.389. The van der Waals surface area contributed by atoms with Gasteiger partial charge in [0.25, 0.3) is 0 Å². The molecule has 0 saturated carbocycles. The van der Waals surface area contributed by atoms with E-state index in [0.29, 0.717) is 0 Å². The molecule has 0 bridgehead atoms. The van der Waals surface area contributed by atoms with Crippen molar-refractivity contribution >= 4 is 0 Å². The number of hydrogen-bond acceptors (Lipinski definition) is 0. The molecule has 0 saturated heterocycles. The first-order valence-electron chi connectivity index (χ1n) is 13.1. The summed E-state index contributed by atoms with van der Waals surface area (Å²) in [6.45, 7) is 18.6. The summed E-state index contributed by atoms with van der Waals surface area (Å²) in [6.07, 6.45) is 24.7. The maximum absolute atomic E-state index is 2.50. The minimum atomic E-state index is 0.869. The lowest BCUT2D eigenvalue weighted by Gasteiger charge is -2.14. The quantitative estimate of drug-likeness (QED) is 0.154. The maximum Gasteiger partial charge on any atom is -0.0288 e. The van der Waals surface area contributed by atoms with Crippen molar-refractivity contribution in [1.29, 1.82) is 0 Å². The molecule has 0 amide bonds. The second kappa shape index (κ2) is 18.9. The van der Waals surface area contributed by atoms with Crippen molar-refractivity contribution in [3.63, 3.8) is 0 Å². The molecule has 0 rings (SSSR count). The Morgan fingerprint density at radius 2 is 0.967 bits per heavy atom. The minimum Gasteiger partial charge on any atom is -0.0856 e. The van der Waals surface area contributed by atoms with Crippen molar-refractivity contribution < 1.29 is 0 Å². The molecular weight excluding hydrogens is 360 g/mol. The van der Waals surface area contributed by atoms with Crippen LogP contribution in [-0.4, -0.2) is 0 Å². The van der Waals surface area contributed by atoms with E-state index in [9.17, 15) is 0 Å². The van der Waals surface area contributed by atoms with Gasteiger partial charge in [-0.15, -0.1) is 0 Å². The average molecular weight is 417 g/mol. The Labute approximate surface area is 191 Å². The van der Waals surface area contributed by atoms with Gasteiger partial charge in [-0.3, -0.25) is 0 Å². The third-order valence-electron chi connectivity index (χ3n) is 6.39. The van der Waals surface area contributed by atoms with E-state index in [0.717, 1.165) is 17.8 Å². The molecule has 2 atom stereocenters. The third kappa shape index (κ3) is 20.5. The molecule has 176 valence electrons. The van der Waals surface area contributed by atoms with E-state index in [-0.39, 0.29) is 0 Å². The van der Waals surface area contributed by atoms with Crippen molar-refractivity contribution in [2.75, 3.05) is 0 Å². The number of hydrogen-bond donors (Lipinski definition) is 0. The van der Waals surface area contributed by atoms with Crippen LogP contribution in [0.3, 0.4) is 0 Å². The van der Waals surface area contributed by atoms with Crippen LogP contribution in [0, 0.1) is 17.8 Å². The van der Waals surface area contributed by atoms with Gasteiger partial charge < -0.3 is 0 Å². The summed E-state index contributed by atoms with van der Waals surface area (Å²) in [4.78, 5) is 0. The Balaban J connectivity index is 3.78. The van der Waals surface area contributed by atoms with Crippen LogP contribution in [0.25, 0.3) is 0 Å². The molecule has 30 heavy (non-hydrogen) atoms. The lowest BCUT2D eigenvalue weighted by Crippen LogP contribution is -2.00. The largest absolute Gasteiger partial charge is 0.0856 e. The molecule has 0 aromatic heterocycles. The molecule has 0 N–H and O–H groups in total. The van der Waals surface area contributed by atoms with Gasteiger partial charge >= 0.3 is 0 Å². The van der Waals surface area contributed by atoms with Crippen molar-refractivity contribution in [1.82, 2.24) is 0 Å². The molecule has 0 spiro atoms. The summed E-state index contributed by atoms with van der Waals surface area (Å²) < 4.78 is 0. The lowest BCUT2D eigenvalue weighted by atomic mass is 9.92. The summed E-state index contributed by atoms with van der Waals surface area (Å²) >= 11 is 0. The molecule has 0 nitrogen and oxygen atoms in total. The second-order valence-corrected chi connectivity index (χ2v) is 10.9. The van der Waals surface area contributed by atoms with E-state index in [4.69, 9.17) is 0 Å². The summed E-state index contributed by atoms with van der Waals surface area (Å²) in [7, 11) is 0. The summed E-state index contributed by atoms with van der Waals surface area (Å²) in [5, 5.41) is 0. The Kier molecular flexibility index (Phi) is 18.5. The fraction of sp³-hybridized carbons (Fsp3) is 0.800. The number of unbranched alkanes of at least 4 members (excludes halogenated alkanes) is 1. The van der Waals surface area contributed by atoms with E-state index in [1.165, 1.54) is 89.0 Å². The summed E-state index contributed by atoms with van der Waals surface area (Å²) in [6, 6.07) is 0. The molecule has 0 aliphatic heterocycles. The highest BCUT2D eigenvalue weighted by Gasteiger charge is 2.06. The fourth-order valence-electron chi connectivity index (χ4n) is 4.13. The zero-order valence-electron chi connectivity index (χ0n) is 22.2. The van der Waals surface area contributed by atoms with Gasteiger partial charge in [-0.2, -0.15) is 0 Å². The Hall–Kier alpha value is -0.780. The molecular formula is C30H56. The van der Waals surface area contributed by atoms with Gasteiger partial charge in [0.15, 0.2) is 0 Å². The van der Waals surface area contributed by atoms with Crippen molar-refractivity contribution in [3.05, 3.63) is 34.9 Å². The van der Waals surface area contributed by atoms with E-state index in [1.54, 1.807) is 11.1 Å². The first-order chi connectivity index (χ1) is 14.2. The monoisotopic (exact) mass is 416 g/mol. The van der Waals surface area contributed by atoms with Crippen LogP contribution in [0.15, 0.2) is 34.9 Å². The van der Waals surface area contributed by atoms with E-state index >= 15 is 0 Å². The zero-order chi connectivity index (χ0) is 22.8. The molecule has 0 heterocycles. The van der Waals surface area contributed by atoms with Crippen LogP contribution in [-0.2, 0) is 0 Å². The van der Waals surface area contributed by atoms with Gasteiger partial charge in [-0.1, -0.05) is 108 Å². The SMILES string of the molecule is CC(C)=CCC/C(C)=C/CC/C(C)=C/CCCC(C)CCCC(C)CCCC(C)C. The highest BCUT2D eigenvalue weighted by atomic mass is 14.1. The van der Waals surface area contributed by atoms with Gasteiger partial charge in [-0.05, 0) is 84.0 Å². The first kappa shape index (κ1) is 29.2. The molecule has 0 aromatic carbocycles. The standard InChI is InChI=1S/C30H56/c1-25(2)15-11-19-29(7)23-13-21-27(5)17-9-10-18-28(6)22-14-24-30(8)20-12-16-26(3)4/h15,17,23,26,28,30H,9-14,16,18-22,24H2,1-8H3/b27-17+,29-23+. The average Bonchev–Trinajstić information content (AvgIpc) is 2.64. The highest BCUT2D eigenvalue weighted by Crippen LogP contribution is 2.21. The van der Waals surface area contributed by atoms with Crippen molar-refractivity contribution in [3.8, 4) is 0 Å².